The highest BCUT2D eigenvalue weighted by Gasteiger charge is 2.91. The molecule has 2 heteroatoms. The van der Waals surface area contributed by atoms with Gasteiger partial charge in [0.25, 0.3) is 0 Å². The summed E-state index contributed by atoms with van der Waals surface area (Å²) in [7, 11) is 6.55. The first-order chi connectivity index (χ1) is 8.55. The lowest BCUT2D eigenvalue weighted by molar-refractivity contribution is 0.186. The average Bonchev–Trinajstić information content (AvgIpc) is 2.94. The molecular formula is C16H23BS. The second kappa shape index (κ2) is 2.87. The molecule has 5 rings (SSSR count). The molecule has 96 valence electrons. The second-order valence-electron chi connectivity index (χ2n) is 8.44. The molecule has 0 heterocycles. The van der Waals surface area contributed by atoms with Gasteiger partial charge in [-0.3, -0.25) is 0 Å². The van der Waals surface area contributed by atoms with Crippen molar-refractivity contribution in [1.82, 2.24) is 0 Å². The molecular weight excluding hydrogens is 235 g/mol. The van der Waals surface area contributed by atoms with Crippen molar-refractivity contribution in [2.75, 3.05) is 0 Å². The van der Waals surface area contributed by atoms with Gasteiger partial charge in [-0.2, -0.15) is 12.6 Å². The van der Waals surface area contributed by atoms with Crippen LogP contribution in [0.3, 0.4) is 0 Å². The van der Waals surface area contributed by atoms with Gasteiger partial charge in [0, 0.05) is 5.25 Å². The number of hydrogen-bond donors (Lipinski definition) is 1. The Hall–Kier alpha value is 0.415. The van der Waals surface area contributed by atoms with Crippen molar-refractivity contribution in [3.63, 3.8) is 0 Å². The highest BCUT2D eigenvalue weighted by Crippen LogP contribution is 2.97. The van der Waals surface area contributed by atoms with E-state index in [2.05, 4.69) is 13.8 Å². The molecule has 9 unspecified atom stereocenters. The molecule has 5 aliphatic rings. The molecule has 5 saturated carbocycles. The molecule has 0 nitrogen and oxygen atoms in total. The highest BCUT2D eigenvalue weighted by atomic mass is 32.1. The molecule has 0 amide bonds. The Morgan fingerprint density at radius 1 is 1.33 bits per heavy atom. The Balaban J connectivity index is 1.55. The minimum Gasteiger partial charge on any atom is -0.176 e. The van der Waals surface area contributed by atoms with Gasteiger partial charge < -0.3 is 0 Å². The summed E-state index contributed by atoms with van der Waals surface area (Å²) < 4.78 is 0. The standard InChI is InChI=1S/C16H23BS/c1-7(2)11-14(17)16(11)12-8-5-9-10(18)3-4-15(9,6-8)13(12)16/h7-14,18H,3-6H2,1-2H3. The molecule has 0 aromatic carbocycles. The third-order valence-electron chi connectivity index (χ3n) is 7.95. The van der Waals surface area contributed by atoms with Crippen molar-refractivity contribution >= 4 is 20.5 Å². The van der Waals surface area contributed by atoms with E-state index in [0.717, 1.165) is 35.5 Å². The van der Waals surface area contributed by atoms with Crippen LogP contribution >= 0.6 is 12.6 Å². The number of hydrogen-bond acceptors (Lipinski definition) is 1. The predicted octanol–water partition coefficient (Wildman–Crippen LogP) is 3.58. The van der Waals surface area contributed by atoms with E-state index in [9.17, 15) is 0 Å². The quantitative estimate of drug-likeness (QED) is 0.539. The number of thiol groups is 1. The van der Waals surface area contributed by atoms with E-state index in [1.54, 1.807) is 6.42 Å². The molecule has 0 aromatic heterocycles. The van der Waals surface area contributed by atoms with Crippen molar-refractivity contribution in [2.24, 2.45) is 46.3 Å². The zero-order valence-corrected chi connectivity index (χ0v) is 12.4. The average molecular weight is 258 g/mol. The molecule has 0 N–H and O–H groups in total. The second-order valence-corrected chi connectivity index (χ2v) is 9.11. The maximum Gasteiger partial charge on any atom is 0.0711 e. The summed E-state index contributed by atoms with van der Waals surface area (Å²) in [4.78, 5) is 0. The SMILES string of the molecule is [B]C1C(C(C)C)C12C1C3CC4C(S)CCC4(C3)C12. The lowest BCUT2D eigenvalue weighted by atomic mass is 9.74. The molecule has 2 radical (unpaired) electrons. The minimum atomic E-state index is 0.546. The molecule has 0 aromatic rings. The molecule has 2 bridgehead atoms. The Kier molecular flexibility index (Phi) is 1.77. The fourth-order valence-corrected chi connectivity index (χ4v) is 8.39. The van der Waals surface area contributed by atoms with Gasteiger partial charge in [0.05, 0.1) is 7.85 Å². The molecule has 9 atom stereocenters. The van der Waals surface area contributed by atoms with Crippen LogP contribution in [0.4, 0.5) is 0 Å². The van der Waals surface area contributed by atoms with E-state index in [0.29, 0.717) is 21.9 Å². The van der Waals surface area contributed by atoms with Gasteiger partial charge in [0.15, 0.2) is 0 Å². The smallest absolute Gasteiger partial charge is 0.0711 e. The zero-order chi connectivity index (χ0) is 12.4. The van der Waals surface area contributed by atoms with Gasteiger partial charge in [-0.1, -0.05) is 19.7 Å². The summed E-state index contributed by atoms with van der Waals surface area (Å²) in [6, 6.07) is 0. The number of fused-ring (bicyclic) bond motifs is 5. The third-order valence-corrected chi connectivity index (χ3v) is 8.57. The first-order valence-electron chi connectivity index (χ1n) is 7.99. The predicted molar refractivity (Wildman–Crippen MR) is 77.9 cm³/mol. The van der Waals surface area contributed by atoms with Gasteiger partial charge in [-0.15, -0.1) is 0 Å². The van der Waals surface area contributed by atoms with Crippen LogP contribution < -0.4 is 0 Å². The van der Waals surface area contributed by atoms with E-state index in [1.807, 2.05) is 0 Å². The zero-order valence-electron chi connectivity index (χ0n) is 11.5. The Morgan fingerprint density at radius 2 is 2.11 bits per heavy atom. The van der Waals surface area contributed by atoms with Crippen LogP contribution in [0.1, 0.15) is 39.5 Å². The maximum absolute atomic E-state index is 6.55. The summed E-state index contributed by atoms with van der Waals surface area (Å²) in [5.41, 5.74) is 1.34. The van der Waals surface area contributed by atoms with Crippen molar-refractivity contribution in [1.29, 1.82) is 0 Å². The van der Waals surface area contributed by atoms with E-state index >= 15 is 0 Å². The Labute approximate surface area is 117 Å². The summed E-state index contributed by atoms with van der Waals surface area (Å²) in [5, 5.41) is 0.709. The van der Waals surface area contributed by atoms with Gasteiger partial charge in [-0.05, 0) is 72.0 Å². The van der Waals surface area contributed by atoms with E-state index < -0.39 is 0 Å². The van der Waals surface area contributed by atoms with E-state index in [1.165, 1.54) is 19.3 Å². The topological polar surface area (TPSA) is 0 Å². The van der Waals surface area contributed by atoms with Gasteiger partial charge in [0.1, 0.15) is 0 Å². The monoisotopic (exact) mass is 258 g/mol. The van der Waals surface area contributed by atoms with Gasteiger partial charge in [0.2, 0.25) is 0 Å². The van der Waals surface area contributed by atoms with E-state index in [-0.39, 0.29) is 0 Å². The molecule has 0 aliphatic heterocycles. The minimum absolute atomic E-state index is 0.546. The van der Waals surface area contributed by atoms with Crippen LogP contribution in [-0.2, 0) is 0 Å². The summed E-state index contributed by atoms with van der Waals surface area (Å²) >= 11 is 4.89. The summed E-state index contributed by atoms with van der Waals surface area (Å²) in [6.45, 7) is 4.78. The van der Waals surface area contributed by atoms with Crippen LogP contribution in [0.25, 0.3) is 0 Å². The van der Waals surface area contributed by atoms with Crippen LogP contribution in [0, 0.1) is 46.3 Å². The molecule has 18 heavy (non-hydrogen) atoms. The van der Waals surface area contributed by atoms with Crippen LogP contribution in [0.5, 0.6) is 0 Å². The molecule has 5 fully saturated rings. The largest absolute Gasteiger partial charge is 0.176 e. The van der Waals surface area contributed by atoms with Crippen LogP contribution in [-0.4, -0.2) is 13.1 Å². The molecule has 5 aliphatic carbocycles. The maximum atomic E-state index is 6.55. The fourth-order valence-electron chi connectivity index (χ4n) is 7.84. The van der Waals surface area contributed by atoms with Crippen LogP contribution in [0.2, 0.25) is 5.82 Å². The van der Waals surface area contributed by atoms with Crippen molar-refractivity contribution < 1.29 is 0 Å². The Bertz CT molecular complexity index is 435. The first kappa shape index (κ1) is 11.1. The van der Waals surface area contributed by atoms with Gasteiger partial charge in [-0.25, -0.2) is 0 Å². The highest BCUT2D eigenvalue weighted by molar-refractivity contribution is 7.81. The lowest BCUT2D eigenvalue weighted by Gasteiger charge is -2.31. The third kappa shape index (κ3) is 0.858. The molecule has 0 saturated heterocycles. The summed E-state index contributed by atoms with van der Waals surface area (Å²) in [6.07, 6.45) is 5.89. The number of rotatable bonds is 1. The normalized spacial score (nSPS) is 70.8. The van der Waals surface area contributed by atoms with Crippen molar-refractivity contribution in [3.8, 4) is 0 Å². The van der Waals surface area contributed by atoms with Crippen LogP contribution in [0.15, 0.2) is 0 Å². The fraction of sp³-hybridized carbons (Fsp3) is 1.00. The molecule has 2 spiro atoms. The van der Waals surface area contributed by atoms with E-state index in [4.69, 9.17) is 20.5 Å². The Morgan fingerprint density at radius 3 is 2.78 bits per heavy atom. The van der Waals surface area contributed by atoms with Crippen molar-refractivity contribution in [2.45, 2.75) is 50.6 Å². The lowest BCUT2D eigenvalue weighted by Crippen LogP contribution is -2.27. The first-order valence-corrected chi connectivity index (χ1v) is 8.50. The summed E-state index contributed by atoms with van der Waals surface area (Å²) in [5.74, 6) is 6.24. The van der Waals surface area contributed by atoms with Gasteiger partial charge >= 0.3 is 0 Å². The van der Waals surface area contributed by atoms with Crippen molar-refractivity contribution in [3.05, 3.63) is 0 Å².